The highest BCUT2D eigenvalue weighted by atomic mass is 79.9. The van der Waals surface area contributed by atoms with Crippen LogP contribution in [0.25, 0.3) is 10.9 Å². The summed E-state index contributed by atoms with van der Waals surface area (Å²) in [6.45, 7) is 1.93. The monoisotopic (exact) mass is 347 g/mol. The molecule has 0 saturated heterocycles. The molecular formula is C16H11BrClNO. The van der Waals surface area contributed by atoms with E-state index in [1.54, 1.807) is 12.3 Å². The van der Waals surface area contributed by atoms with E-state index < -0.39 is 0 Å². The Kier molecular flexibility index (Phi) is 3.40. The summed E-state index contributed by atoms with van der Waals surface area (Å²) in [5, 5.41) is 1.47. The highest BCUT2D eigenvalue weighted by Crippen LogP contribution is 2.28. The second-order valence-corrected chi connectivity index (χ2v) is 5.98. The highest BCUT2D eigenvalue weighted by molar-refractivity contribution is 9.10. The largest absolute Gasteiger partial charge is 0.359 e. The Labute approximate surface area is 129 Å². The molecule has 0 spiro atoms. The average molecular weight is 349 g/mol. The van der Waals surface area contributed by atoms with Crippen molar-refractivity contribution < 1.29 is 4.79 Å². The SMILES string of the molecule is Cc1ccc(Br)cc1C(=O)c1c[nH]c2c(Cl)cccc12. The lowest BCUT2D eigenvalue weighted by Gasteiger charge is -2.05. The van der Waals surface area contributed by atoms with E-state index in [4.69, 9.17) is 11.6 Å². The molecule has 2 nitrogen and oxygen atoms in total. The Morgan fingerprint density at radius 1 is 1.20 bits per heavy atom. The molecule has 0 radical (unpaired) electrons. The van der Waals surface area contributed by atoms with Crippen LogP contribution < -0.4 is 0 Å². The number of H-pyrrole nitrogens is 1. The molecule has 2 aromatic carbocycles. The third kappa shape index (κ3) is 2.17. The number of ketones is 1. The van der Waals surface area contributed by atoms with Crippen LogP contribution in [0.4, 0.5) is 0 Å². The van der Waals surface area contributed by atoms with Crippen LogP contribution in [0, 0.1) is 6.92 Å². The molecule has 0 saturated carbocycles. The van der Waals surface area contributed by atoms with Crippen molar-refractivity contribution in [3.63, 3.8) is 0 Å². The van der Waals surface area contributed by atoms with Crippen LogP contribution in [-0.2, 0) is 0 Å². The maximum absolute atomic E-state index is 12.7. The number of aromatic amines is 1. The number of carbonyl (C=O) groups excluding carboxylic acids is 1. The Balaban J connectivity index is 2.18. The first kappa shape index (κ1) is 13.4. The first-order chi connectivity index (χ1) is 9.58. The van der Waals surface area contributed by atoms with Gasteiger partial charge in [-0.3, -0.25) is 4.79 Å². The zero-order chi connectivity index (χ0) is 14.3. The highest BCUT2D eigenvalue weighted by Gasteiger charge is 2.17. The molecule has 0 aliphatic heterocycles. The molecule has 3 rings (SSSR count). The molecule has 100 valence electrons. The van der Waals surface area contributed by atoms with Gasteiger partial charge in [-0.25, -0.2) is 0 Å². The summed E-state index contributed by atoms with van der Waals surface area (Å²) in [5.74, 6) is -0.00248. The van der Waals surface area contributed by atoms with Crippen LogP contribution in [-0.4, -0.2) is 10.8 Å². The number of hydrogen-bond donors (Lipinski definition) is 1. The number of carbonyl (C=O) groups is 1. The van der Waals surface area contributed by atoms with Gasteiger partial charge >= 0.3 is 0 Å². The number of aromatic nitrogens is 1. The van der Waals surface area contributed by atoms with Crippen molar-refractivity contribution in [1.29, 1.82) is 0 Å². The second kappa shape index (κ2) is 5.08. The van der Waals surface area contributed by atoms with Crippen LogP contribution >= 0.6 is 27.5 Å². The number of nitrogens with one attached hydrogen (secondary N) is 1. The van der Waals surface area contributed by atoms with Gasteiger partial charge in [0.15, 0.2) is 5.78 Å². The minimum Gasteiger partial charge on any atom is -0.359 e. The first-order valence-corrected chi connectivity index (χ1v) is 7.31. The Hall–Kier alpha value is -1.58. The predicted octanol–water partition coefficient (Wildman–Crippen LogP) is 5.12. The van der Waals surface area contributed by atoms with Crippen molar-refractivity contribution in [3.05, 3.63) is 68.8 Å². The van der Waals surface area contributed by atoms with E-state index in [0.717, 1.165) is 20.9 Å². The van der Waals surface area contributed by atoms with Gasteiger partial charge in [0, 0.05) is 27.2 Å². The molecule has 4 heteroatoms. The van der Waals surface area contributed by atoms with Gasteiger partial charge in [0.2, 0.25) is 0 Å². The van der Waals surface area contributed by atoms with Gasteiger partial charge < -0.3 is 4.98 Å². The van der Waals surface area contributed by atoms with Crippen molar-refractivity contribution in [1.82, 2.24) is 4.98 Å². The molecule has 0 aliphatic carbocycles. The average Bonchev–Trinajstić information content (AvgIpc) is 2.86. The van der Waals surface area contributed by atoms with Gasteiger partial charge in [0.25, 0.3) is 0 Å². The fourth-order valence-corrected chi connectivity index (χ4v) is 2.88. The van der Waals surface area contributed by atoms with Crippen LogP contribution in [0.15, 0.2) is 47.1 Å². The lowest BCUT2D eigenvalue weighted by molar-refractivity contribution is 0.103. The molecule has 0 fully saturated rings. The quantitative estimate of drug-likeness (QED) is 0.640. The zero-order valence-corrected chi connectivity index (χ0v) is 13.0. The third-order valence-corrected chi connectivity index (χ3v) is 4.16. The first-order valence-electron chi connectivity index (χ1n) is 6.14. The molecule has 20 heavy (non-hydrogen) atoms. The van der Waals surface area contributed by atoms with Crippen LogP contribution in [0.5, 0.6) is 0 Å². The van der Waals surface area contributed by atoms with Gasteiger partial charge in [-0.2, -0.15) is 0 Å². The predicted molar refractivity (Wildman–Crippen MR) is 85.6 cm³/mol. The fourth-order valence-electron chi connectivity index (χ4n) is 2.29. The van der Waals surface area contributed by atoms with E-state index in [2.05, 4.69) is 20.9 Å². The molecule has 0 atom stereocenters. The minimum atomic E-state index is -0.00248. The summed E-state index contributed by atoms with van der Waals surface area (Å²) >= 11 is 9.54. The van der Waals surface area contributed by atoms with Gasteiger partial charge in [-0.15, -0.1) is 0 Å². The Morgan fingerprint density at radius 3 is 2.80 bits per heavy atom. The Morgan fingerprint density at radius 2 is 2.00 bits per heavy atom. The summed E-state index contributed by atoms with van der Waals surface area (Å²) in [5.41, 5.74) is 3.09. The standard InChI is InChI=1S/C16H11BrClNO/c1-9-5-6-10(17)7-12(9)16(20)13-8-19-15-11(13)3-2-4-14(15)18/h2-8,19H,1H3. The zero-order valence-electron chi connectivity index (χ0n) is 10.7. The second-order valence-electron chi connectivity index (χ2n) is 4.65. The van der Waals surface area contributed by atoms with Gasteiger partial charge in [-0.05, 0) is 30.7 Å². The molecule has 1 aromatic heterocycles. The number of rotatable bonds is 2. The number of aryl methyl sites for hydroxylation is 1. The van der Waals surface area contributed by atoms with Gasteiger partial charge in [0.1, 0.15) is 0 Å². The topological polar surface area (TPSA) is 32.9 Å². The number of benzene rings is 2. The molecule has 0 amide bonds. The number of fused-ring (bicyclic) bond motifs is 1. The minimum absolute atomic E-state index is 0.00248. The molecule has 0 unspecified atom stereocenters. The van der Waals surface area contributed by atoms with Crippen LogP contribution in [0.1, 0.15) is 21.5 Å². The smallest absolute Gasteiger partial charge is 0.195 e. The van der Waals surface area contributed by atoms with Crippen molar-refractivity contribution in [3.8, 4) is 0 Å². The summed E-state index contributed by atoms with van der Waals surface area (Å²) < 4.78 is 0.893. The molecule has 3 aromatic rings. The van der Waals surface area contributed by atoms with Crippen molar-refractivity contribution in [2.45, 2.75) is 6.92 Å². The van der Waals surface area contributed by atoms with E-state index in [1.807, 2.05) is 37.3 Å². The number of halogens is 2. The summed E-state index contributed by atoms with van der Waals surface area (Å²) in [6.07, 6.45) is 1.72. The molecule has 0 bridgehead atoms. The van der Waals surface area contributed by atoms with E-state index in [-0.39, 0.29) is 5.78 Å². The normalized spacial score (nSPS) is 10.9. The maximum Gasteiger partial charge on any atom is 0.195 e. The van der Waals surface area contributed by atoms with Crippen molar-refractivity contribution in [2.24, 2.45) is 0 Å². The summed E-state index contributed by atoms with van der Waals surface area (Å²) in [7, 11) is 0. The number of para-hydroxylation sites is 1. The van der Waals surface area contributed by atoms with E-state index >= 15 is 0 Å². The summed E-state index contributed by atoms with van der Waals surface area (Å²) in [6, 6.07) is 11.3. The lowest BCUT2D eigenvalue weighted by atomic mass is 9.99. The van der Waals surface area contributed by atoms with E-state index in [0.29, 0.717) is 16.1 Å². The fraction of sp³-hybridized carbons (Fsp3) is 0.0625. The lowest BCUT2D eigenvalue weighted by Crippen LogP contribution is -2.03. The molecule has 1 heterocycles. The van der Waals surface area contributed by atoms with Gasteiger partial charge in [-0.1, -0.05) is 45.7 Å². The van der Waals surface area contributed by atoms with Crippen molar-refractivity contribution in [2.75, 3.05) is 0 Å². The van der Waals surface area contributed by atoms with E-state index in [9.17, 15) is 4.79 Å². The van der Waals surface area contributed by atoms with Crippen LogP contribution in [0.3, 0.4) is 0 Å². The Bertz CT molecular complexity index is 822. The van der Waals surface area contributed by atoms with Gasteiger partial charge in [0.05, 0.1) is 10.5 Å². The third-order valence-electron chi connectivity index (χ3n) is 3.35. The van der Waals surface area contributed by atoms with E-state index in [1.165, 1.54) is 0 Å². The molecule has 1 N–H and O–H groups in total. The summed E-state index contributed by atoms with van der Waals surface area (Å²) in [4.78, 5) is 15.8. The molecule has 0 aliphatic rings. The van der Waals surface area contributed by atoms with Crippen LogP contribution in [0.2, 0.25) is 5.02 Å². The van der Waals surface area contributed by atoms with Crippen molar-refractivity contribution >= 4 is 44.2 Å². The molecular weight excluding hydrogens is 338 g/mol. The maximum atomic E-state index is 12.7. The number of hydrogen-bond acceptors (Lipinski definition) is 1.